The highest BCUT2D eigenvalue weighted by molar-refractivity contribution is 5.70. The van der Waals surface area contributed by atoms with Crippen molar-refractivity contribution >= 4 is 5.57 Å². The molecule has 1 heteroatoms. The molecule has 0 spiro atoms. The Morgan fingerprint density at radius 3 is 2.04 bits per heavy atom. The summed E-state index contributed by atoms with van der Waals surface area (Å²) in [5.41, 5.74) is 4.71. The van der Waals surface area contributed by atoms with E-state index in [1.807, 2.05) is 6.08 Å². The molecular weight excluding hydrogens is 319 g/mol. The van der Waals surface area contributed by atoms with Crippen molar-refractivity contribution in [2.75, 3.05) is 0 Å². The van der Waals surface area contributed by atoms with E-state index < -0.39 is 6.17 Å². The van der Waals surface area contributed by atoms with Gasteiger partial charge in [-0.2, -0.15) is 0 Å². The molecule has 142 valence electrons. The van der Waals surface area contributed by atoms with E-state index in [4.69, 9.17) is 0 Å². The van der Waals surface area contributed by atoms with Gasteiger partial charge in [-0.05, 0) is 68.1 Å². The van der Waals surface area contributed by atoms with Crippen LogP contribution in [0.25, 0.3) is 5.57 Å². The van der Waals surface area contributed by atoms with Gasteiger partial charge in [-0.15, -0.1) is 0 Å². The fraction of sp³-hybridized carbons (Fsp3) is 0.600. The molecule has 0 aliphatic heterocycles. The summed E-state index contributed by atoms with van der Waals surface area (Å²) in [4.78, 5) is 0. The predicted octanol–water partition coefficient (Wildman–Crippen LogP) is 8.00. The first kappa shape index (κ1) is 19.4. The molecule has 0 bridgehead atoms. The largest absolute Gasteiger partial charge is 0.243 e. The fourth-order valence-corrected chi connectivity index (χ4v) is 4.76. The Morgan fingerprint density at radius 2 is 1.46 bits per heavy atom. The number of hydrogen-bond donors (Lipinski definition) is 0. The number of benzene rings is 1. The van der Waals surface area contributed by atoms with Gasteiger partial charge >= 0.3 is 0 Å². The van der Waals surface area contributed by atoms with Crippen LogP contribution in [0.3, 0.4) is 0 Å². The van der Waals surface area contributed by atoms with Crippen molar-refractivity contribution in [1.82, 2.24) is 0 Å². The number of alkyl halides is 1. The average Bonchev–Trinajstić information content (AvgIpc) is 2.69. The SMILES string of the molecule is C/C(=C\C=C(\c1ccc(C2CCCCC2)cc1)C(C)F)C1CCCCC1. The maximum Gasteiger partial charge on any atom is 0.123 e. The number of rotatable bonds is 5. The van der Waals surface area contributed by atoms with Crippen LogP contribution in [0.5, 0.6) is 0 Å². The molecule has 0 amide bonds. The van der Waals surface area contributed by atoms with Gasteiger partial charge in [0.05, 0.1) is 0 Å². The second kappa shape index (κ2) is 9.53. The Balaban J connectivity index is 1.74. The van der Waals surface area contributed by atoms with Crippen molar-refractivity contribution in [3.05, 3.63) is 53.1 Å². The van der Waals surface area contributed by atoms with Crippen molar-refractivity contribution in [1.29, 1.82) is 0 Å². The van der Waals surface area contributed by atoms with Crippen LogP contribution in [0.4, 0.5) is 4.39 Å². The Kier molecular flexibility index (Phi) is 7.11. The minimum absolute atomic E-state index is 0.699. The lowest BCUT2D eigenvalue weighted by Gasteiger charge is -2.22. The fourth-order valence-electron chi connectivity index (χ4n) is 4.76. The highest BCUT2D eigenvalue weighted by Gasteiger charge is 2.17. The molecule has 2 aliphatic rings. The summed E-state index contributed by atoms with van der Waals surface area (Å²) in [5.74, 6) is 1.41. The summed E-state index contributed by atoms with van der Waals surface area (Å²) in [6, 6.07) is 8.74. The second-order valence-corrected chi connectivity index (χ2v) is 8.44. The van der Waals surface area contributed by atoms with Gasteiger partial charge in [0.25, 0.3) is 0 Å². The monoisotopic (exact) mass is 354 g/mol. The molecular formula is C25H35F. The van der Waals surface area contributed by atoms with Crippen LogP contribution in [0.15, 0.2) is 42.0 Å². The molecule has 2 fully saturated rings. The quantitative estimate of drug-likeness (QED) is 0.470. The summed E-state index contributed by atoms with van der Waals surface area (Å²) >= 11 is 0. The van der Waals surface area contributed by atoms with Crippen LogP contribution in [0.2, 0.25) is 0 Å². The Bertz CT molecular complexity index is 608. The predicted molar refractivity (Wildman–Crippen MR) is 111 cm³/mol. The first-order chi connectivity index (χ1) is 12.6. The van der Waals surface area contributed by atoms with Gasteiger partial charge in [0.1, 0.15) is 6.17 Å². The van der Waals surface area contributed by atoms with Gasteiger partial charge in [-0.1, -0.05) is 80.5 Å². The van der Waals surface area contributed by atoms with Gasteiger partial charge in [0.15, 0.2) is 0 Å². The standard InChI is InChI=1S/C25H35F/c1-19(21-9-5-3-6-10-21)13-18-25(20(2)26)24-16-14-23(15-17-24)22-11-7-4-8-12-22/h13-18,20-22H,3-12H2,1-2H3/b19-13+,25-18+. The van der Waals surface area contributed by atoms with E-state index in [1.54, 1.807) is 6.92 Å². The summed E-state index contributed by atoms with van der Waals surface area (Å²) in [6.45, 7) is 3.88. The summed E-state index contributed by atoms with van der Waals surface area (Å²) in [7, 11) is 0. The maximum absolute atomic E-state index is 14.3. The van der Waals surface area contributed by atoms with Crippen LogP contribution in [0, 0.1) is 5.92 Å². The van der Waals surface area contributed by atoms with E-state index in [9.17, 15) is 4.39 Å². The van der Waals surface area contributed by atoms with Crippen LogP contribution in [0.1, 0.15) is 95.1 Å². The lowest BCUT2D eigenvalue weighted by Crippen LogP contribution is -2.07. The molecule has 2 aliphatic carbocycles. The molecule has 1 atom stereocenters. The third kappa shape index (κ3) is 5.09. The van der Waals surface area contributed by atoms with Crippen molar-refractivity contribution in [2.24, 2.45) is 5.92 Å². The zero-order valence-electron chi connectivity index (χ0n) is 16.6. The highest BCUT2D eigenvalue weighted by Crippen LogP contribution is 2.34. The lowest BCUT2D eigenvalue weighted by molar-refractivity contribution is 0.403. The molecule has 2 saturated carbocycles. The minimum atomic E-state index is -0.939. The first-order valence-corrected chi connectivity index (χ1v) is 10.8. The van der Waals surface area contributed by atoms with Gasteiger partial charge in [-0.3, -0.25) is 0 Å². The van der Waals surface area contributed by atoms with Gasteiger partial charge < -0.3 is 0 Å². The van der Waals surface area contributed by atoms with Crippen molar-refractivity contribution in [3.63, 3.8) is 0 Å². The number of halogens is 1. The third-order valence-electron chi connectivity index (χ3n) is 6.52. The van der Waals surface area contributed by atoms with Crippen LogP contribution < -0.4 is 0 Å². The van der Waals surface area contributed by atoms with Gasteiger partial charge in [0.2, 0.25) is 0 Å². The minimum Gasteiger partial charge on any atom is -0.243 e. The molecule has 3 rings (SSSR count). The van der Waals surface area contributed by atoms with Crippen molar-refractivity contribution < 1.29 is 4.39 Å². The smallest absolute Gasteiger partial charge is 0.123 e. The summed E-state index contributed by atoms with van der Waals surface area (Å²) in [5, 5.41) is 0. The van der Waals surface area contributed by atoms with Crippen molar-refractivity contribution in [2.45, 2.75) is 90.1 Å². The van der Waals surface area contributed by atoms with E-state index in [-0.39, 0.29) is 0 Å². The molecule has 0 saturated heterocycles. The molecule has 0 heterocycles. The topological polar surface area (TPSA) is 0 Å². The molecule has 0 nitrogen and oxygen atoms in total. The van der Waals surface area contributed by atoms with Crippen molar-refractivity contribution in [3.8, 4) is 0 Å². The third-order valence-corrected chi connectivity index (χ3v) is 6.52. The van der Waals surface area contributed by atoms with Crippen LogP contribution in [-0.2, 0) is 0 Å². The number of allylic oxidation sites excluding steroid dienone is 4. The molecule has 1 aromatic rings. The van der Waals surface area contributed by atoms with Crippen LogP contribution >= 0.6 is 0 Å². The van der Waals surface area contributed by atoms with Gasteiger partial charge in [0, 0.05) is 0 Å². The second-order valence-electron chi connectivity index (χ2n) is 8.44. The maximum atomic E-state index is 14.3. The number of hydrogen-bond acceptors (Lipinski definition) is 0. The zero-order chi connectivity index (χ0) is 18.4. The van der Waals surface area contributed by atoms with E-state index in [2.05, 4.69) is 37.3 Å². The Labute approximate surface area is 159 Å². The molecule has 0 N–H and O–H groups in total. The Hall–Kier alpha value is -1.37. The van der Waals surface area contributed by atoms with E-state index in [0.717, 1.165) is 11.1 Å². The molecule has 1 unspecified atom stereocenters. The van der Waals surface area contributed by atoms with E-state index in [0.29, 0.717) is 11.8 Å². The van der Waals surface area contributed by atoms with E-state index >= 15 is 0 Å². The average molecular weight is 355 g/mol. The van der Waals surface area contributed by atoms with Gasteiger partial charge in [-0.25, -0.2) is 4.39 Å². The van der Waals surface area contributed by atoms with Crippen LogP contribution in [-0.4, -0.2) is 6.17 Å². The molecule has 0 aromatic heterocycles. The summed E-state index contributed by atoms with van der Waals surface area (Å²) in [6.07, 6.45) is 16.6. The normalized spacial score (nSPS) is 22.4. The molecule has 26 heavy (non-hydrogen) atoms. The Morgan fingerprint density at radius 1 is 0.885 bits per heavy atom. The molecule has 0 radical (unpaired) electrons. The lowest BCUT2D eigenvalue weighted by atomic mass is 9.83. The highest BCUT2D eigenvalue weighted by atomic mass is 19.1. The van der Waals surface area contributed by atoms with E-state index in [1.165, 1.54) is 75.3 Å². The summed E-state index contributed by atoms with van der Waals surface area (Å²) < 4.78 is 14.3. The zero-order valence-corrected chi connectivity index (χ0v) is 16.6. The first-order valence-electron chi connectivity index (χ1n) is 10.8. The molecule has 1 aromatic carbocycles.